The zero-order valence-electron chi connectivity index (χ0n) is 14.3. The molecule has 0 N–H and O–H groups in total. The third-order valence-corrected chi connectivity index (χ3v) is 3.78. The third-order valence-electron chi connectivity index (χ3n) is 3.78. The number of benzene rings is 1. The van der Waals surface area contributed by atoms with E-state index in [2.05, 4.69) is 0 Å². The quantitative estimate of drug-likeness (QED) is 0.831. The van der Waals surface area contributed by atoms with E-state index in [0.717, 1.165) is 11.1 Å². The average Bonchev–Trinajstić information content (AvgIpc) is 2.50. The van der Waals surface area contributed by atoms with Gasteiger partial charge in [0.15, 0.2) is 11.5 Å². The minimum Gasteiger partial charge on any atom is -0.495 e. The Labute approximate surface area is 131 Å². The Morgan fingerprint density at radius 3 is 2.05 bits per heavy atom. The second-order valence-electron chi connectivity index (χ2n) is 5.67. The van der Waals surface area contributed by atoms with E-state index in [1.807, 2.05) is 32.9 Å². The van der Waals surface area contributed by atoms with Crippen LogP contribution in [0.2, 0.25) is 0 Å². The van der Waals surface area contributed by atoms with Gasteiger partial charge in [0.1, 0.15) is 11.4 Å². The molecule has 0 unspecified atom stereocenters. The van der Waals surface area contributed by atoms with Crippen LogP contribution in [0.3, 0.4) is 0 Å². The number of fused-ring (bicyclic) bond motifs is 1. The summed E-state index contributed by atoms with van der Waals surface area (Å²) in [7, 11) is 6.46. The zero-order chi connectivity index (χ0) is 16.5. The van der Waals surface area contributed by atoms with E-state index >= 15 is 0 Å². The van der Waals surface area contributed by atoms with E-state index in [9.17, 15) is 0 Å². The maximum atomic E-state index is 6.08. The first-order valence-electron chi connectivity index (χ1n) is 7.17. The molecule has 0 saturated heterocycles. The fourth-order valence-electron chi connectivity index (χ4n) is 2.63. The Bertz CT molecular complexity index is 589. The SMILES string of the molecule is COc1c2c(c(OC)c([C@@H](C)OC)c1OC)C=CC(C)(C)O2. The van der Waals surface area contributed by atoms with Gasteiger partial charge in [-0.1, -0.05) is 0 Å². The van der Waals surface area contributed by atoms with Gasteiger partial charge in [0.05, 0.1) is 38.6 Å². The number of ether oxygens (including phenoxy) is 5. The van der Waals surface area contributed by atoms with Crippen LogP contribution in [-0.4, -0.2) is 34.0 Å². The maximum Gasteiger partial charge on any atom is 0.204 e. The van der Waals surface area contributed by atoms with Gasteiger partial charge in [-0.3, -0.25) is 0 Å². The lowest BCUT2D eigenvalue weighted by Gasteiger charge is -2.32. The molecule has 0 aromatic heterocycles. The molecule has 1 heterocycles. The van der Waals surface area contributed by atoms with Crippen LogP contribution in [-0.2, 0) is 4.74 Å². The van der Waals surface area contributed by atoms with Crippen molar-refractivity contribution >= 4 is 6.08 Å². The third kappa shape index (κ3) is 2.61. The van der Waals surface area contributed by atoms with Gasteiger partial charge in [-0.05, 0) is 32.9 Å². The van der Waals surface area contributed by atoms with E-state index in [1.54, 1.807) is 28.4 Å². The molecule has 1 aromatic carbocycles. The molecule has 5 heteroatoms. The maximum absolute atomic E-state index is 6.08. The van der Waals surface area contributed by atoms with Gasteiger partial charge < -0.3 is 23.7 Å². The van der Waals surface area contributed by atoms with Gasteiger partial charge >= 0.3 is 0 Å². The van der Waals surface area contributed by atoms with E-state index in [-0.39, 0.29) is 6.10 Å². The van der Waals surface area contributed by atoms with Crippen molar-refractivity contribution in [1.82, 2.24) is 0 Å². The predicted molar refractivity (Wildman–Crippen MR) is 85.3 cm³/mol. The van der Waals surface area contributed by atoms with Crippen molar-refractivity contribution in [3.8, 4) is 23.0 Å². The van der Waals surface area contributed by atoms with Gasteiger partial charge in [0.2, 0.25) is 5.75 Å². The van der Waals surface area contributed by atoms with E-state index in [0.29, 0.717) is 23.0 Å². The van der Waals surface area contributed by atoms with Crippen LogP contribution >= 0.6 is 0 Å². The summed E-state index contributed by atoms with van der Waals surface area (Å²) < 4.78 is 28.3. The lowest BCUT2D eigenvalue weighted by atomic mass is 9.96. The molecule has 0 radical (unpaired) electrons. The smallest absolute Gasteiger partial charge is 0.204 e. The summed E-state index contributed by atoms with van der Waals surface area (Å²) in [6, 6.07) is 0. The molecule has 0 bridgehead atoms. The molecule has 2 rings (SSSR count). The molecule has 0 aliphatic carbocycles. The van der Waals surface area contributed by atoms with Crippen molar-refractivity contribution in [1.29, 1.82) is 0 Å². The van der Waals surface area contributed by atoms with Crippen molar-refractivity contribution < 1.29 is 23.7 Å². The molecule has 0 saturated carbocycles. The van der Waals surface area contributed by atoms with E-state index < -0.39 is 5.60 Å². The highest BCUT2D eigenvalue weighted by atomic mass is 16.5. The Morgan fingerprint density at radius 2 is 1.55 bits per heavy atom. The molecule has 1 aromatic rings. The van der Waals surface area contributed by atoms with Crippen LogP contribution in [0, 0.1) is 0 Å². The lowest BCUT2D eigenvalue weighted by molar-refractivity contribution is 0.112. The summed E-state index contributed by atoms with van der Waals surface area (Å²) in [6.45, 7) is 5.90. The van der Waals surface area contributed by atoms with Crippen molar-refractivity contribution in [2.24, 2.45) is 0 Å². The number of hydrogen-bond donors (Lipinski definition) is 0. The first-order valence-corrected chi connectivity index (χ1v) is 7.17. The van der Waals surface area contributed by atoms with Gasteiger partial charge in [0.25, 0.3) is 0 Å². The molecule has 122 valence electrons. The predicted octanol–water partition coefficient (Wildman–Crippen LogP) is 3.60. The van der Waals surface area contributed by atoms with Crippen LogP contribution in [0.4, 0.5) is 0 Å². The van der Waals surface area contributed by atoms with Crippen molar-refractivity contribution in [2.75, 3.05) is 28.4 Å². The van der Waals surface area contributed by atoms with Crippen LogP contribution in [0.1, 0.15) is 38.0 Å². The van der Waals surface area contributed by atoms with Gasteiger partial charge in [-0.25, -0.2) is 0 Å². The van der Waals surface area contributed by atoms with Crippen molar-refractivity contribution in [3.63, 3.8) is 0 Å². The fraction of sp³-hybridized carbons (Fsp3) is 0.529. The monoisotopic (exact) mass is 308 g/mol. The normalized spacial score (nSPS) is 16.5. The Hall–Kier alpha value is -1.88. The standard InChI is InChI=1S/C17H24O5/c1-10(18-4)12-13(19-5)11-8-9-17(2,3)22-14(11)16(21-7)15(12)20-6/h8-10H,1-7H3/t10-/m1/s1. The Kier molecular flexibility index (Phi) is 4.56. The fourth-order valence-corrected chi connectivity index (χ4v) is 2.63. The summed E-state index contributed by atoms with van der Waals surface area (Å²) in [6.07, 6.45) is 3.77. The summed E-state index contributed by atoms with van der Waals surface area (Å²) in [4.78, 5) is 0. The second-order valence-corrected chi connectivity index (χ2v) is 5.67. The highest BCUT2D eigenvalue weighted by Gasteiger charge is 2.34. The summed E-state index contributed by atoms with van der Waals surface area (Å²) in [5.74, 6) is 2.41. The largest absolute Gasteiger partial charge is 0.495 e. The van der Waals surface area contributed by atoms with Crippen LogP contribution in [0.15, 0.2) is 6.08 Å². The molecular formula is C17H24O5. The minimum absolute atomic E-state index is 0.215. The topological polar surface area (TPSA) is 46.2 Å². The summed E-state index contributed by atoms with van der Waals surface area (Å²) in [5, 5.41) is 0. The van der Waals surface area contributed by atoms with Crippen molar-refractivity contribution in [2.45, 2.75) is 32.5 Å². The molecule has 1 atom stereocenters. The van der Waals surface area contributed by atoms with Crippen LogP contribution < -0.4 is 18.9 Å². The van der Waals surface area contributed by atoms with Crippen LogP contribution in [0.25, 0.3) is 6.08 Å². The van der Waals surface area contributed by atoms with Gasteiger partial charge in [-0.2, -0.15) is 0 Å². The van der Waals surface area contributed by atoms with Gasteiger partial charge in [-0.15, -0.1) is 0 Å². The second kappa shape index (κ2) is 6.08. The molecule has 22 heavy (non-hydrogen) atoms. The molecule has 1 aliphatic heterocycles. The number of hydrogen-bond acceptors (Lipinski definition) is 5. The molecule has 5 nitrogen and oxygen atoms in total. The molecule has 1 aliphatic rings. The highest BCUT2D eigenvalue weighted by molar-refractivity contribution is 5.77. The zero-order valence-corrected chi connectivity index (χ0v) is 14.3. The molecule has 0 fully saturated rings. The molecule has 0 amide bonds. The summed E-state index contributed by atoms with van der Waals surface area (Å²) in [5.41, 5.74) is 1.21. The van der Waals surface area contributed by atoms with E-state index in [4.69, 9.17) is 23.7 Å². The molecular weight excluding hydrogens is 284 g/mol. The summed E-state index contributed by atoms with van der Waals surface area (Å²) >= 11 is 0. The van der Waals surface area contributed by atoms with Gasteiger partial charge in [0, 0.05) is 7.11 Å². The lowest BCUT2D eigenvalue weighted by Crippen LogP contribution is -2.28. The average molecular weight is 308 g/mol. The Morgan fingerprint density at radius 1 is 0.955 bits per heavy atom. The number of rotatable bonds is 5. The Balaban J connectivity index is 2.83. The minimum atomic E-state index is -0.426. The number of methoxy groups -OCH3 is 4. The first-order chi connectivity index (χ1) is 10.4. The highest BCUT2D eigenvalue weighted by Crippen LogP contribution is 2.54. The van der Waals surface area contributed by atoms with Crippen molar-refractivity contribution in [3.05, 3.63) is 17.2 Å². The first kappa shape index (κ1) is 16.5. The van der Waals surface area contributed by atoms with E-state index in [1.165, 1.54) is 0 Å². The van der Waals surface area contributed by atoms with Crippen LogP contribution in [0.5, 0.6) is 23.0 Å². The molecule has 0 spiro atoms.